The molecule has 0 heterocycles. The topological polar surface area (TPSA) is 75.4 Å². The molecule has 0 aliphatic carbocycles. The van der Waals surface area contributed by atoms with Crippen molar-refractivity contribution in [3.05, 3.63) is 95.1 Å². The molecule has 0 spiro atoms. The Balaban J connectivity index is 2.07. The molecule has 0 amide bonds. The minimum absolute atomic E-state index is 0.177. The lowest BCUT2D eigenvalue weighted by Gasteiger charge is -2.19. The number of sulfonamides is 1. The Hall–Kier alpha value is -2.67. The second-order valence-electron chi connectivity index (χ2n) is 7.40. The molecule has 0 bridgehead atoms. The summed E-state index contributed by atoms with van der Waals surface area (Å²) < 4.78 is 24.9. The molecule has 0 radical (unpaired) electrons. The molecule has 0 unspecified atom stereocenters. The average Bonchev–Trinajstić information content (AvgIpc) is 2.68. The van der Waals surface area contributed by atoms with Crippen LogP contribution in [-0.4, -0.2) is 27.4 Å². The van der Waals surface area contributed by atoms with E-state index in [1.807, 2.05) is 85.7 Å². The molecule has 29 heavy (non-hydrogen) atoms. The van der Waals surface area contributed by atoms with Gasteiger partial charge in [0.25, 0.3) is 0 Å². The lowest BCUT2D eigenvalue weighted by Crippen LogP contribution is -2.18. The maximum Gasteiger partial charge on any atom is 0.238 e. The van der Waals surface area contributed by atoms with Gasteiger partial charge in [-0.25, -0.2) is 13.6 Å². The summed E-state index contributed by atoms with van der Waals surface area (Å²) in [5.74, 6) is 0. The Kier molecular flexibility index (Phi) is 6.69. The van der Waals surface area contributed by atoms with Gasteiger partial charge < -0.3 is 10.2 Å². The number of nitrogens with zero attached hydrogens (tertiary/aromatic N) is 1. The normalized spacial score (nSPS) is 11.6. The molecule has 0 saturated carbocycles. The largest absolute Gasteiger partial charge is 0.381 e. The molecular weight excluding hydrogens is 382 g/mol. The molecule has 0 fully saturated rings. The standard InChI is InChI=1S/C23H27N3O2S/c1-26(2)17-20-14-22(25-16-19-11-7-4-8-12-19)21(23(15-20)29(24,27)28)13-18-9-5-3-6-10-18/h3-12,14-15,25H,13,16-17H2,1-2H3,(H2,24,27,28). The van der Waals surface area contributed by atoms with Gasteiger partial charge in [-0.2, -0.15) is 0 Å². The third-order valence-electron chi connectivity index (χ3n) is 4.62. The van der Waals surface area contributed by atoms with Gasteiger partial charge in [-0.1, -0.05) is 60.7 Å². The van der Waals surface area contributed by atoms with Crippen LogP contribution in [0.5, 0.6) is 0 Å². The number of anilines is 1. The summed E-state index contributed by atoms with van der Waals surface area (Å²) in [4.78, 5) is 2.18. The number of nitrogens with two attached hydrogens (primary N) is 1. The van der Waals surface area contributed by atoms with Gasteiger partial charge in [0.1, 0.15) is 0 Å². The van der Waals surface area contributed by atoms with Crippen molar-refractivity contribution in [1.82, 2.24) is 4.90 Å². The molecule has 3 rings (SSSR count). The Morgan fingerprint density at radius 3 is 2.00 bits per heavy atom. The first kappa shape index (κ1) is 21.0. The Labute approximate surface area is 173 Å². The summed E-state index contributed by atoms with van der Waals surface area (Å²) >= 11 is 0. The lowest BCUT2D eigenvalue weighted by molar-refractivity contribution is 0.402. The highest BCUT2D eigenvalue weighted by Gasteiger charge is 2.20. The van der Waals surface area contributed by atoms with Gasteiger partial charge in [-0.3, -0.25) is 0 Å². The van der Waals surface area contributed by atoms with Crippen molar-refractivity contribution in [1.29, 1.82) is 0 Å². The number of hydrogen-bond acceptors (Lipinski definition) is 4. The molecule has 3 aromatic carbocycles. The number of hydrogen-bond donors (Lipinski definition) is 2. The van der Waals surface area contributed by atoms with Gasteiger partial charge in [-0.05, 0) is 48.5 Å². The van der Waals surface area contributed by atoms with E-state index < -0.39 is 10.0 Å². The zero-order valence-electron chi connectivity index (χ0n) is 16.8. The SMILES string of the molecule is CN(C)Cc1cc(NCc2ccccc2)c(Cc2ccccc2)c(S(N)(=O)=O)c1. The molecule has 0 aromatic heterocycles. The van der Waals surface area contributed by atoms with E-state index in [1.54, 1.807) is 6.07 Å². The van der Waals surface area contributed by atoms with E-state index in [4.69, 9.17) is 5.14 Å². The van der Waals surface area contributed by atoms with Crippen LogP contribution in [0.3, 0.4) is 0 Å². The van der Waals surface area contributed by atoms with Crippen LogP contribution in [0.2, 0.25) is 0 Å². The zero-order valence-corrected chi connectivity index (χ0v) is 17.6. The van der Waals surface area contributed by atoms with E-state index in [0.29, 0.717) is 25.1 Å². The van der Waals surface area contributed by atoms with E-state index in [0.717, 1.165) is 22.4 Å². The molecule has 3 N–H and O–H groups in total. The summed E-state index contributed by atoms with van der Waals surface area (Å²) in [6, 6.07) is 23.6. The minimum atomic E-state index is -3.88. The second-order valence-corrected chi connectivity index (χ2v) is 8.93. The van der Waals surface area contributed by atoms with Crippen molar-refractivity contribution in [2.75, 3.05) is 19.4 Å². The van der Waals surface area contributed by atoms with Gasteiger partial charge in [0.05, 0.1) is 4.90 Å². The molecule has 0 aliphatic heterocycles. The highest BCUT2D eigenvalue weighted by Crippen LogP contribution is 2.29. The second kappa shape index (κ2) is 9.22. The fourth-order valence-corrected chi connectivity index (χ4v) is 4.19. The molecule has 0 saturated heterocycles. The molecule has 152 valence electrons. The molecule has 5 nitrogen and oxygen atoms in total. The van der Waals surface area contributed by atoms with Crippen LogP contribution < -0.4 is 10.5 Å². The minimum Gasteiger partial charge on any atom is -0.381 e. The van der Waals surface area contributed by atoms with Gasteiger partial charge in [0.15, 0.2) is 0 Å². The number of primary sulfonamides is 1. The van der Waals surface area contributed by atoms with E-state index in [-0.39, 0.29) is 4.90 Å². The number of nitrogens with one attached hydrogen (secondary N) is 1. The summed E-state index contributed by atoms with van der Waals surface area (Å²) in [5, 5.41) is 9.06. The maximum atomic E-state index is 12.4. The van der Waals surface area contributed by atoms with Gasteiger partial charge in [-0.15, -0.1) is 0 Å². The fraction of sp³-hybridized carbons (Fsp3) is 0.217. The van der Waals surface area contributed by atoms with Crippen molar-refractivity contribution in [3.8, 4) is 0 Å². The van der Waals surface area contributed by atoms with Crippen LogP contribution >= 0.6 is 0 Å². The van der Waals surface area contributed by atoms with E-state index in [9.17, 15) is 8.42 Å². The van der Waals surface area contributed by atoms with Crippen molar-refractivity contribution in [2.24, 2.45) is 5.14 Å². The van der Waals surface area contributed by atoms with Crippen molar-refractivity contribution < 1.29 is 8.42 Å². The first-order chi connectivity index (χ1) is 13.8. The average molecular weight is 410 g/mol. The first-order valence-electron chi connectivity index (χ1n) is 9.48. The van der Waals surface area contributed by atoms with Crippen LogP contribution in [0, 0.1) is 0 Å². The van der Waals surface area contributed by atoms with E-state index in [1.165, 1.54) is 0 Å². The highest BCUT2D eigenvalue weighted by molar-refractivity contribution is 7.89. The third kappa shape index (κ3) is 5.90. The highest BCUT2D eigenvalue weighted by atomic mass is 32.2. The monoisotopic (exact) mass is 409 g/mol. The lowest BCUT2D eigenvalue weighted by atomic mass is 10.0. The predicted molar refractivity (Wildman–Crippen MR) is 118 cm³/mol. The van der Waals surface area contributed by atoms with Gasteiger partial charge in [0.2, 0.25) is 10.0 Å². The number of rotatable bonds is 8. The van der Waals surface area contributed by atoms with E-state index in [2.05, 4.69) is 5.32 Å². The van der Waals surface area contributed by atoms with Gasteiger partial charge in [0, 0.05) is 25.2 Å². The summed E-state index contributed by atoms with van der Waals surface area (Å²) in [6.45, 7) is 1.21. The first-order valence-corrected chi connectivity index (χ1v) is 11.0. The Morgan fingerprint density at radius 1 is 0.862 bits per heavy atom. The Morgan fingerprint density at radius 2 is 1.45 bits per heavy atom. The molecular formula is C23H27N3O2S. The van der Waals surface area contributed by atoms with Crippen molar-refractivity contribution in [2.45, 2.75) is 24.4 Å². The quantitative estimate of drug-likeness (QED) is 0.596. The summed E-state index contributed by atoms with van der Waals surface area (Å²) in [5.41, 5.74) is 4.53. The van der Waals surface area contributed by atoms with Crippen LogP contribution in [0.25, 0.3) is 0 Å². The van der Waals surface area contributed by atoms with Gasteiger partial charge >= 0.3 is 0 Å². The molecule has 0 atom stereocenters. The maximum absolute atomic E-state index is 12.4. The molecule has 6 heteroatoms. The fourth-order valence-electron chi connectivity index (χ4n) is 3.35. The predicted octanol–water partition coefficient (Wildman–Crippen LogP) is 3.60. The summed E-state index contributed by atoms with van der Waals surface area (Å²) in [7, 11) is 0.0241. The smallest absolute Gasteiger partial charge is 0.238 e. The van der Waals surface area contributed by atoms with Crippen molar-refractivity contribution >= 4 is 15.7 Å². The third-order valence-corrected chi connectivity index (χ3v) is 5.60. The zero-order chi connectivity index (χ0) is 20.9. The Bertz CT molecular complexity index is 1050. The van der Waals surface area contributed by atoms with Crippen LogP contribution in [0.15, 0.2) is 77.7 Å². The molecule has 3 aromatic rings. The van der Waals surface area contributed by atoms with Crippen LogP contribution in [0.1, 0.15) is 22.3 Å². The summed E-state index contributed by atoms with van der Waals surface area (Å²) in [6.07, 6.45) is 0.478. The van der Waals surface area contributed by atoms with Crippen LogP contribution in [0.4, 0.5) is 5.69 Å². The van der Waals surface area contributed by atoms with Crippen molar-refractivity contribution in [3.63, 3.8) is 0 Å². The van der Waals surface area contributed by atoms with E-state index >= 15 is 0 Å². The molecule has 0 aliphatic rings. The number of benzene rings is 3. The van der Waals surface area contributed by atoms with Crippen LogP contribution in [-0.2, 0) is 29.5 Å².